The Morgan fingerprint density at radius 2 is 1.59 bits per heavy atom. The second kappa shape index (κ2) is 10.9. The lowest BCUT2D eigenvalue weighted by Crippen LogP contribution is -2.29. The fourth-order valence-corrected chi connectivity index (χ4v) is 5.10. The van der Waals surface area contributed by atoms with Crippen molar-refractivity contribution in [1.82, 2.24) is 0 Å². The number of aryl methyl sites for hydroxylation is 1. The van der Waals surface area contributed by atoms with Gasteiger partial charge in [0, 0.05) is 21.3 Å². The summed E-state index contributed by atoms with van der Waals surface area (Å²) in [6.07, 6.45) is 0. The molecule has 0 spiro atoms. The number of carbonyl (C=O) groups excluding carboxylic acids is 2. The third-order valence-electron chi connectivity index (χ3n) is 6.44. The van der Waals surface area contributed by atoms with Crippen LogP contribution in [-0.2, 0) is 16.2 Å². The van der Waals surface area contributed by atoms with Gasteiger partial charge in [-0.1, -0.05) is 65.7 Å². The topological polar surface area (TPSA) is 66.8 Å². The molecule has 1 heterocycles. The van der Waals surface area contributed by atoms with E-state index in [-0.39, 0.29) is 27.1 Å². The normalized spacial score (nSPS) is 16.5. The quantitative estimate of drug-likeness (QED) is 0.149. The van der Waals surface area contributed by atoms with E-state index < -0.39 is 23.5 Å². The van der Waals surface area contributed by atoms with E-state index in [9.17, 15) is 19.1 Å². The molecule has 8 heteroatoms. The molecule has 1 aliphatic heterocycles. The fourth-order valence-electron chi connectivity index (χ4n) is 4.59. The van der Waals surface area contributed by atoms with E-state index in [0.29, 0.717) is 23.5 Å². The molecular formula is C31H22Cl2FNO4. The number of ether oxygens (including phenoxy) is 1. The van der Waals surface area contributed by atoms with Gasteiger partial charge in [-0.15, -0.1) is 0 Å². The molecule has 1 fully saturated rings. The van der Waals surface area contributed by atoms with Crippen LogP contribution >= 0.6 is 23.2 Å². The lowest BCUT2D eigenvalue weighted by Gasteiger charge is -2.26. The Hall–Kier alpha value is -4.13. The van der Waals surface area contributed by atoms with Gasteiger partial charge in [0.25, 0.3) is 11.7 Å². The van der Waals surface area contributed by atoms with Crippen molar-refractivity contribution in [2.75, 3.05) is 4.90 Å². The highest BCUT2D eigenvalue weighted by Crippen LogP contribution is 2.43. The van der Waals surface area contributed by atoms with E-state index in [2.05, 4.69) is 0 Å². The number of hydrogen-bond acceptors (Lipinski definition) is 4. The zero-order valence-electron chi connectivity index (χ0n) is 20.7. The van der Waals surface area contributed by atoms with E-state index >= 15 is 0 Å². The van der Waals surface area contributed by atoms with E-state index in [0.717, 1.165) is 11.1 Å². The Bertz CT molecular complexity index is 1580. The third-order valence-corrected chi connectivity index (χ3v) is 6.88. The van der Waals surface area contributed by atoms with Crippen molar-refractivity contribution in [2.24, 2.45) is 0 Å². The Morgan fingerprint density at radius 1 is 0.923 bits per heavy atom. The molecule has 0 aliphatic carbocycles. The van der Waals surface area contributed by atoms with Crippen molar-refractivity contribution >= 4 is 46.3 Å². The van der Waals surface area contributed by atoms with Gasteiger partial charge in [-0.25, -0.2) is 4.39 Å². The number of amides is 1. The van der Waals surface area contributed by atoms with E-state index in [1.807, 2.05) is 37.3 Å². The van der Waals surface area contributed by atoms with Crippen LogP contribution in [0.3, 0.4) is 0 Å². The van der Waals surface area contributed by atoms with Crippen LogP contribution < -0.4 is 9.64 Å². The predicted octanol–water partition coefficient (Wildman–Crippen LogP) is 7.65. The number of hydrogen-bond donors (Lipinski definition) is 1. The van der Waals surface area contributed by atoms with Crippen LogP contribution in [0.25, 0.3) is 5.76 Å². The minimum absolute atomic E-state index is 0.139. The first-order valence-corrected chi connectivity index (χ1v) is 12.8. The van der Waals surface area contributed by atoms with Gasteiger partial charge in [-0.05, 0) is 72.1 Å². The van der Waals surface area contributed by atoms with Gasteiger partial charge in [0.1, 0.15) is 23.9 Å². The van der Waals surface area contributed by atoms with Crippen LogP contribution in [0.2, 0.25) is 10.0 Å². The number of nitrogens with zero attached hydrogens (tertiary/aromatic N) is 1. The predicted molar refractivity (Wildman–Crippen MR) is 150 cm³/mol. The molecule has 5 rings (SSSR count). The van der Waals surface area contributed by atoms with Crippen molar-refractivity contribution in [1.29, 1.82) is 0 Å². The van der Waals surface area contributed by atoms with Crippen LogP contribution in [-0.4, -0.2) is 16.8 Å². The summed E-state index contributed by atoms with van der Waals surface area (Å²) in [5.41, 5.74) is 2.61. The highest BCUT2D eigenvalue weighted by molar-refractivity contribution is 6.52. The summed E-state index contributed by atoms with van der Waals surface area (Å²) in [5, 5.41) is 11.9. The molecule has 4 aromatic carbocycles. The average molecular weight is 562 g/mol. The number of aliphatic hydroxyl groups is 1. The van der Waals surface area contributed by atoms with Crippen LogP contribution in [0.1, 0.15) is 28.3 Å². The SMILES string of the molecule is Cc1cc(/C(O)=C2\C(=O)C(=O)N(c3cc(Cl)cc(Cl)c3)C2c2ccc(F)cc2)ccc1OCc1ccccc1. The highest BCUT2D eigenvalue weighted by Gasteiger charge is 2.47. The summed E-state index contributed by atoms with van der Waals surface area (Å²) < 4.78 is 19.7. The van der Waals surface area contributed by atoms with Gasteiger partial charge < -0.3 is 9.84 Å². The van der Waals surface area contributed by atoms with E-state index in [4.69, 9.17) is 27.9 Å². The molecule has 196 valence electrons. The summed E-state index contributed by atoms with van der Waals surface area (Å²) in [4.78, 5) is 27.9. The molecular weight excluding hydrogens is 540 g/mol. The van der Waals surface area contributed by atoms with Crippen LogP contribution in [0.4, 0.5) is 10.1 Å². The average Bonchev–Trinajstić information content (AvgIpc) is 3.18. The summed E-state index contributed by atoms with van der Waals surface area (Å²) in [7, 11) is 0. The Kier molecular flexibility index (Phi) is 7.42. The van der Waals surface area contributed by atoms with Gasteiger partial charge in [-0.3, -0.25) is 14.5 Å². The molecule has 0 saturated carbocycles. The maximum atomic E-state index is 13.8. The second-order valence-electron chi connectivity index (χ2n) is 9.10. The number of benzene rings is 4. The van der Waals surface area contributed by atoms with Gasteiger partial charge in [0.15, 0.2) is 0 Å². The monoisotopic (exact) mass is 561 g/mol. The smallest absolute Gasteiger partial charge is 0.300 e. The molecule has 1 unspecified atom stereocenters. The molecule has 0 aromatic heterocycles. The number of carbonyl (C=O) groups is 2. The molecule has 5 nitrogen and oxygen atoms in total. The summed E-state index contributed by atoms with van der Waals surface area (Å²) in [5.74, 6) is -2.00. The zero-order valence-corrected chi connectivity index (χ0v) is 22.2. The number of rotatable bonds is 6. The summed E-state index contributed by atoms with van der Waals surface area (Å²) >= 11 is 12.4. The Balaban J connectivity index is 1.57. The molecule has 1 N–H and O–H groups in total. The number of ketones is 1. The summed E-state index contributed by atoms with van der Waals surface area (Å²) in [6.45, 7) is 2.19. The standard InChI is InChI=1S/C31H22Cl2FNO4/c1-18-13-21(9-12-26(18)39-17-19-5-3-2-4-6-19)29(36)27-28(20-7-10-24(34)11-8-20)35(31(38)30(27)37)25-15-22(32)14-23(33)16-25/h2-16,28,36H,17H2,1H3/b29-27+. The molecule has 1 amide bonds. The molecule has 39 heavy (non-hydrogen) atoms. The largest absolute Gasteiger partial charge is 0.507 e. The second-order valence-corrected chi connectivity index (χ2v) is 9.98. The molecule has 4 aromatic rings. The highest BCUT2D eigenvalue weighted by atomic mass is 35.5. The van der Waals surface area contributed by atoms with Crippen LogP contribution in [0, 0.1) is 12.7 Å². The molecule has 1 atom stereocenters. The lowest BCUT2D eigenvalue weighted by molar-refractivity contribution is -0.132. The maximum absolute atomic E-state index is 13.8. The lowest BCUT2D eigenvalue weighted by atomic mass is 9.94. The minimum Gasteiger partial charge on any atom is -0.507 e. The van der Waals surface area contributed by atoms with Crippen molar-refractivity contribution in [2.45, 2.75) is 19.6 Å². The first-order chi connectivity index (χ1) is 18.7. The van der Waals surface area contributed by atoms with Crippen molar-refractivity contribution in [3.63, 3.8) is 0 Å². The van der Waals surface area contributed by atoms with Gasteiger partial charge in [0.05, 0.1) is 11.6 Å². The van der Waals surface area contributed by atoms with Crippen molar-refractivity contribution in [3.8, 4) is 5.75 Å². The van der Waals surface area contributed by atoms with E-state index in [1.165, 1.54) is 47.4 Å². The van der Waals surface area contributed by atoms with Crippen molar-refractivity contribution in [3.05, 3.63) is 135 Å². The first-order valence-electron chi connectivity index (χ1n) is 12.0. The summed E-state index contributed by atoms with van der Waals surface area (Å²) in [6, 6.07) is 23.5. The molecule has 1 aliphatic rings. The van der Waals surface area contributed by atoms with Gasteiger partial charge in [0.2, 0.25) is 0 Å². The fraction of sp³-hybridized carbons (Fsp3) is 0.0968. The molecule has 1 saturated heterocycles. The number of aliphatic hydroxyl groups excluding tert-OH is 1. The molecule has 0 radical (unpaired) electrons. The number of anilines is 1. The Morgan fingerprint density at radius 3 is 2.23 bits per heavy atom. The third kappa shape index (κ3) is 5.39. The maximum Gasteiger partial charge on any atom is 0.300 e. The van der Waals surface area contributed by atoms with Gasteiger partial charge >= 0.3 is 0 Å². The van der Waals surface area contributed by atoms with Crippen molar-refractivity contribution < 1.29 is 23.8 Å². The number of halogens is 3. The Labute approximate surface area is 234 Å². The van der Waals surface area contributed by atoms with Gasteiger partial charge in [-0.2, -0.15) is 0 Å². The van der Waals surface area contributed by atoms with E-state index in [1.54, 1.807) is 18.2 Å². The minimum atomic E-state index is -1.05. The molecule has 0 bridgehead atoms. The number of Topliss-reactive ketones (excluding diaryl/α,β-unsaturated/α-hetero) is 1. The first kappa shape index (κ1) is 26.5. The zero-order chi connectivity index (χ0) is 27.7. The van der Waals surface area contributed by atoms with Crippen LogP contribution in [0.15, 0.2) is 96.6 Å². The van der Waals surface area contributed by atoms with Crippen LogP contribution in [0.5, 0.6) is 5.75 Å².